The Morgan fingerprint density at radius 1 is 0.667 bits per heavy atom. The van der Waals surface area contributed by atoms with E-state index in [1.165, 1.54) is 89.9 Å². The fraction of sp³-hybridized carbons (Fsp3) is 0.952. The Labute approximate surface area is 152 Å². The minimum absolute atomic E-state index is 0.144. The van der Waals surface area contributed by atoms with Gasteiger partial charge in [-0.25, -0.2) is 0 Å². The highest BCUT2D eigenvalue weighted by Gasteiger charge is 2.01. The SMILES string of the molecule is CCCCCCCCCCCCCCCCCNC(=O)CN(C)C. The molecular weight excluding hydrogens is 296 g/mol. The smallest absolute Gasteiger partial charge is 0.234 e. The van der Waals surface area contributed by atoms with Crippen LogP contribution in [0, 0.1) is 0 Å². The van der Waals surface area contributed by atoms with Crippen LogP contribution in [0.15, 0.2) is 0 Å². The van der Waals surface area contributed by atoms with Gasteiger partial charge in [0.2, 0.25) is 5.91 Å². The Morgan fingerprint density at radius 3 is 1.42 bits per heavy atom. The molecule has 0 heterocycles. The van der Waals surface area contributed by atoms with E-state index in [2.05, 4.69) is 12.2 Å². The number of rotatable bonds is 18. The van der Waals surface area contributed by atoms with E-state index in [9.17, 15) is 4.79 Å². The molecule has 0 aliphatic heterocycles. The van der Waals surface area contributed by atoms with Gasteiger partial charge in [0.1, 0.15) is 0 Å². The fourth-order valence-corrected chi connectivity index (χ4v) is 3.07. The Balaban J connectivity index is 3.06. The molecule has 0 bridgehead atoms. The molecule has 3 heteroatoms. The highest BCUT2D eigenvalue weighted by molar-refractivity contribution is 5.77. The summed E-state index contributed by atoms with van der Waals surface area (Å²) in [5, 5.41) is 2.98. The zero-order valence-electron chi connectivity index (χ0n) is 16.9. The first-order valence-corrected chi connectivity index (χ1v) is 10.6. The van der Waals surface area contributed by atoms with Crippen molar-refractivity contribution in [3.05, 3.63) is 0 Å². The van der Waals surface area contributed by atoms with Crippen molar-refractivity contribution in [2.45, 2.75) is 103 Å². The molecule has 0 aliphatic rings. The maximum absolute atomic E-state index is 11.4. The van der Waals surface area contributed by atoms with Gasteiger partial charge in [-0.3, -0.25) is 4.79 Å². The summed E-state index contributed by atoms with van der Waals surface area (Å²) in [4.78, 5) is 13.4. The standard InChI is InChI=1S/C21H44N2O/c1-4-5-6-7-8-9-10-11-12-13-14-15-16-17-18-19-22-21(24)20-23(2)3/h4-20H2,1-3H3,(H,22,24). The van der Waals surface area contributed by atoms with Gasteiger partial charge in [-0.1, -0.05) is 96.8 Å². The summed E-state index contributed by atoms with van der Waals surface area (Å²) in [6, 6.07) is 0. The largest absolute Gasteiger partial charge is 0.355 e. The minimum atomic E-state index is 0.144. The van der Waals surface area contributed by atoms with Crippen LogP contribution in [0.3, 0.4) is 0 Å². The lowest BCUT2D eigenvalue weighted by Gasteiger charge is -2.09. The Bertz CT molecular complexity index is 267. The molecule has 0 rings (SSSR count). The molecule has 0 radical (unpaired) electrons. The lowest BCUT2D eigenvalue weighted by molar-refractivity contribution is -0.121. The molecule has 1 N–H and O–H groups in total. The van der Waals surface area contributed by atoms with Gasteiger partial charge in [-0.15, -0.1) is 0 Å². The molecule has 0 saturated heterocycles. The van der Waals surface area contributed by atoms with Gasteiger partial charge >= 0.3 is 0 Å². The summed E-state index contributed by atoms with van der Waals surface area (Å²) >= 11 is 0. The van der Waals surface area contributed by atoms with Crippen LogP contribution in [0.2, 0.25) is 0 Å². The van der Waals surface area contributed by atoms with Gasteiger partial charge in [-0.05, 0) is 20.5 Å². The Hall–Kier alpha value is -0.570. The average Bonchev–Trinajstić information content (AvgIpc) is 2.53. The van der Waals surface area contributed by atoms with E-state index in [1.807, 2.05) is 19.0 Å². The van der Waals surface area contributed by atoms with Crippen molar-refractivity contribution in [3.8, 4) is 0 Å². The number of likely N-dealkylation sites (N-methyl/N-ethyl adjacent to an activating group) is 1. The third-order valence-corrected chi connectivity index (χ3v) is 4.56. The van der Waals surface area contributed by atoms with Crippen LogP contribution in [0.5, 0.6) is 0 Å². The molecule has 0 aromatic carbocycles. The normalized spacial score (nSPS) is 11.2. The van der Waals surface area contributed by atoms with Gasteiger partial charge < -0.3 is 10.2 Å². The van der Waals surface area contributed by atoms with Crippen molar-refractivity contribution in [2.24, 2.45) is 0 Å². The van der Waals surface area contributed by atoms with Crippen LogP contribution in [0.1, 0.15) is 103 Å². The third kappa shape index (κ3) is 19.5. The van der Waals surface area contributed by atoms with E-state index >= 15 is 0 Å². The van der Waals surface area contributed by atoms with Crippen molar-refractivity contribution in [1.29, 1.82) is 0 Å². The number of carbonyl (C=O) groups excluding carboxylic acids is 1. The number of amides is 1. The predicted octanol–water partition coefficient (Wildman–Crippen LogP) is 5.54. The molecular formula is C21H44N2O. The zero-order valence-corrected chi connectivity index (χ0v) is 16.9. The number of hydrogen-bond donors (Lipinski definition) is 1. The lowest BCUT2D eigenvalue weighted by Crippen LogP contribution is -2.33. The summed E-state index contributed by atoms with van der Waals surface area (Å²) in [6.45, 7) is 3.62. The second-order valence-electron chi connectivity index (χ2n) is 7.54. The number of nitrogens with one attached hydrogen (secondary N) is 1. The van der Waals surface area contributed by atoms with Gasteiger partial charge in [0, 0.05) is 6.54 Å². The molecule has 0 aromatic heterocycles. The van der Waals surface area contributed by atoms with E-state index in [-0.39, 0.29) is 5.91 Å². The Morgan fingerprint density at radius 2 is 1.04 bits per heavy atom. The van der Waals surface area contributed by atoms with Gasteiger partial charge in [0.25, 0.3) is 0 Å². The molecule has 0 fully saturated rings. The third-order valence-electron chi connectivity index (χ3n) is 4.56. The van der Waals surface area contributed by atoms with Crippen LogP contribution in [-0.2, 0) is 4.79 Å². The first kappa shape index (κ1) is 23.4. The molecule has 0 saturated carbocycles. The van der Waals surface area contributed by atoms with Crippen molar-refractivity contribution in [3.63, 3.8) is 0 Å². The van der Waals surface area contributed by atoms with Crippen molar-refractivity contribution >= 4 is 5.91 Å². The summed E-state index contributed by atoms with van der Waals surface area (Å²) in [5.74, 6) is 0.144. The van der Waals surface area contributed by atoms with E-state index in [4.69, 9.17) is 0 Å². The lowest BCUT2D eigenvalue weighted by atomic mass is 10.0. The molecule has 0 aromatic rings. The van der Waals surface area contributed by atoms with Crippen LogP contribution < -0.4 is 5.32 Å². The highest BCUT2D eigenvalue weighted by atomic mass is 16.1. The van der Waals surface area contributed by atoms with Crippen molar-refractivity contribution in [2.75, 3.05) is 27.2 Å². The fourth-order valence-electron chi connectivity index (χ4n) is 3.07. The summed E-state index contributed by atoms with van der Waals surface area (Å²) < 4.78 is 0. The zero-order chi connectivity index (χ0) is 17.9. The van der Waals surface area contributed by atoms with E-state index < -0.39 is 0 Å². The quantitative estimate of drug-likeness (QED) is 0.332. The van der Waals surface area contributed by atoms with E-state index in [0.717, 1.165) is 13.0 Å². The first-order valence-electron chi connectivity index (χ1n) is 10.6. The topological polar surface area (TPSA) is 32.3 Å². The van der Waals surface area contributed by atoms with Crippen LogP contribution in [0.4, 0.5) is 0 Å². The van der Waals surface area contributed by atoms with Gasteiger partial charge in [-0.2, -0.15) is 0 Å². The molecule has 0 unspecified atom stereocenters. The van der Waals surface area contributed by atoms with E-state index in [0.29, 0.717) is 6.54 Å². The van der Waals surface area contributed by atoms with Crippen LogP contribution >= 0.6 is 0 Å². The monoisotopic (exact) mass is 340 g/mol. The van der Waals surface area contributed by atoms with Crippen molar-refractivity contribution in [1.82, 2.24) is 10.2 Å². The number of hydrogen-bond acceptors (Lipinski definition) is 2. The summed E-state index contributed by atoms with van der Waals surface area (Å²) in [7, 11) is 3.85. The average molecular weight is 341 g/mol. The molecule has 144 valence electrons. The molecule has 24 heavy (non-hydrogen) atoms. The first-order chi connectivity index (χ1) is 11.7. The van der Waals surface area contributed by atoms with Gasteiger partial charge in [0.15, 0.2) is 0 Å². The van der Waals surface area contributed by atoms with Crippen LogP contribution in [0.25, 0.3) is 0 Å². The predicted molar refractivity (Wildman–Crippen MR) is 106 cm³/mol. The Kier molecular flexibility index (Phi) is 18.3. The van der Waals surface area contributed by atoms with Crippen LogP contribution in [-0.4, -0.2) is 38.0 Å². The summed E-state index contributed by atoms with van der Waals surface area (Å²) in [5.41, 5.74) is 0. The maximum Gasteiger partial charge on any atom is 0.234 e. The van der Waals surface area contributed by atoms with Crippen molar-refractivity contribution < 1.29 is 4.79 Å². The number of unbranched alkanes of at least 4 members (excludes halogenated alkanes) is 14. The number of carbonyl (C=O) groups is 1. The highest BCUT2D eigenvalue weighted by Crippen LogP contribution is 2.13. The number of nitrogens with zero attached hydrogens (tertiary/aromatic N) is 1. The summed E-state index contributed by atoms with van der Waals surface area (Å²) in [6.07, 6.45) is 20.7. The minimum Gasteiger partial charge on any atom is -0.355 e. The molecule has 0 atom stereocenters. The second kappa shape index (κ2) is 18.8. The molecule has 3 nitrogen and oxygen atoms in total. The van der Waals surface area contributed by atoms with Gasteiger partial charge in [0.05, 0.1) is 6.54 Å². The molecule has 1 amide bonds. The second-order valence-corrected chi connectivity index (χ2v) is 7.54. The maximum atomic E-state index is 11.4. The van der Waals surface area contributed by atoms with E-state index in [1.54, 1.807) is 0 Å². The molecule has 0 spiro atoms. The molecule has 0 aliphatic carbocycles.